The summed E-state index contributed by atoms with van der Waals surface area (Å²) in [6.07, 6.45) is 0. The summed E-state index contributed by atoms with van der Waals surface area (Å²) in [5, 5.41) is 0.898. The van der Waals surface area contributed by atoms with E-state index in [2.05, 4.69) is 4.98 Å². The lowest BCUT2D eigenvalue weighted by atomic mass is 10.0. The molecule has 0 N–H and O–H groups in total. The van der Waals surface area contributed by atoms with Crippen molar-refractivity contribution in [1.29, 1.82) is 0 Å². The van der Waals surface area contributed by atoms with Gasteiger partial charge in [-0.1, -0.05) is 30.3 Å². The second-order valence-electron chi connectivity index (χ2n) is 6.04. The Bertz CT molecular complexity index is 757. The molecule has 0 spiro atoms. The van der Waals surface area contributed by atoms with Crippen molar-refractivity contribution < 1.29 is 9.59 Å². The smallest absolute Gasteiger partial charge is 0.266 e. The molecule has 1 saturated heterocycles. The average Bonchev–Trinajstić information content (AvgIpc) is 2.92. The Morgan fingerprint density at radius 1 is 1.17 bits per heavy atom. The fourth-order valence-corrected chi connectivity index (χ4v) is 4.01. The minimum Gasteiger partial charge on any atom is -0.339 e. The number of aromatic nitrogens is 1. The zero-order chi connectivity index (χ0) is 17.3. The van der Waals surface area contributed by atoms with Gasteiger partial charge in [-0.25, -0.2) is 4.98 Å². The van der Waals surface area contributed by atoms with Crippen LogP contribution in [0.4, 0.5) is 0 Å². The minimum atomic E-state index is -0.127. The second-order valence-corrected chi connectivity index (χ2v) is 7.24. The number of rotatable bonds is 2. The number of hydrogen-bond donors (Lipinski definition) is 0. The Morgan fingerprint density at radius 3 is 2.46 bits per heavy atom. The molecular weight excluding hydrogens is 322 g/mol. The van der Waals surface area contributed by atoms with Crippen LogP contribution in [0.15, 0.2) is 30.3 Å². The molecule has 0 aliphatic carbocycles. The maximum absolute atomic E-state index is 13.1. The van der Waals surface area contributed by atoms with E-state index in [-0.39, 0.29) is 17.9 Å². The van der Waals surface area contributed by atoms with E-state index in [0.717, 1.165) is 16.3 Å². The lowest BCUT2D eigenvalue weighted by Crippen LogP contribution is -2.51. The van der Waals surface area contributed by atoms with E-state index in [4.69, 9.17) is 0 Å². The molecule has 0 bridgehead atoms. The first-order valence-electron chi connectivity index (χ1n) is 8.03. The molecule has 2 heterocycles. The van der Waals surface area contributed by atoms with E-state index in [0.29, 0.717) is 24.5 Å². The van der Waals surface area contributed by atoms with Gasteiger partial charge in [-0.05, 0) is 19.4 Å². The van der Waals surface area contributed by atoms with Crippen LogP contribution in [-0.4, -0.2) is 46.2 Å². The molecule has 126 valence electrons. The Morgan fingerprint density at radius 2 is 1.88 bits per heavy atom. The number of piperazine rings is 1. The lowest BCUT2D eigenvalue weighted by molar-refractivity contribution is -0.131. The summed E-state index contributed by atoms with van der Waals surface area (Å²) in [7, 11) is 0. The van der Waals surface area contributed by atoms with Crippen LogP contribution in [0.2, 0.25) is 0 Å². The Kier molecular flexibility index (Phi) is 4.66. The van der Waals surface area contributed by atoms with Gasteiger partial charge in [0.2, 0.25) is 5.91 Å². The van der Waals surface area contributed by atoms with Gasteiger partial charge < -0.3 is 9.80 Å². The predicted octanol–water partition coefficient (Wildman–Crippen LogP) is 2.81. The highest BCUT2D eigenvalue weighted by Gasteiger charge is 2.34. The molecule has 2 aromatic rings. The molecule has 1 aliphatic heterocycles. The van der Waals surface area contributed by atoms with Crippen LogP contribution in [0, 0.1) is 13.8 Å². The normalized spacial score (nSPS) is 17.9. The highest BCUT2D eigenvalue weighted by atomic mass is 32.1. The third-order valence-electron chi connectivity index (χ3n) is 4.37. The third kappa shape index (κ3) is 3.19. The predicted molar refractivity (Wildman–Crippen MR) is 94.1 cm³/mol. The van der Waals surface area contributed by atoms with Gasteiger partial charge in [0.05, 0.1) is 16.7 Å². The molecular formula is C18H21N3O2S. The molecule has 1 atom stereocenters. The number of benzene rings is 1. The van der Waals surface area contributed by atoms with Crippen molar-refractivity contribution in [2.75, 3.05) is 19.6 Å². The SMILES string of the molecule is CC(=O)N1CCN(C(=O)c2sc(C)nc2C)[C@@H](c2ccccc2)C1. The first-order chi connectivity index (χ1) is 11.5. The number of thiazole rings is 1. The molecule has 1 aromatic carbocycles. The van der Waals surface area contributed by atoms with Crippen LogP contribution < -0.4 is 0 Å². The van der Waals surface area contributed by atoms with Crippen LogP contribution in [-0.2, 0) is 4.79 Å². The van der Waals surface area contributed by atoms with E-state index in [1.54, 1.807) is 6.92 Å². The molecule has 3 rings (SSSR count). The first kappa shape index (κ1) is 16.6. The highest BCUT2D eigenvalue weighted by Crippen LogP contribution is 2.29. The van der Waals surface area contributed by atoms with Crippen LogP contribution in [0.5, 0.6) is 0 Å². The van der Waals surface area contributed by atoms with E-state index in [1.807, 2.05) is 54.0 Å². The number of amides is 2. The Labute approximate surface area is 145 Å². The monoisotopic (exact) mass is 343 g/mol. The minimum absolute atomic E-state index is 0.00940. The van der Waals surface area contributed by atoms with Gasteiger partial charge in [-0.3, -0.25) is 9.59 Å². The average molecular weight is 343 g/mol. The topological polar surface area (TPSA) is 53.5 Å². The molecule has 1 aliphatic rings. The van der Waals surface area contributed by atoms with Crippen molar-refractivity contribution in [2.45, 2.75) is 26.8 Å². The van der Waals surface area contributed by atoms with E-state index in [9.17, 15) is 9.59 Å². The number of carbonyl (C=O) groups excluding carboxylic acids is 2. The molecule has 1 aromatic heterocycles. The van der Waals surface area contributed by atoms with Crippen LogP contribution in [0.25, 0.3) is 0 Å². The molecule has 0 unspecified atom stereocenters. The zero-order valence-electron chi connectivity index (χ0n) is 14.2. The number of hydrogen-bond acceptors (Lipinski definition) is 4. The maximum Gasteiger partial charge on any atom is 0.266 e. The van der Waals surface area contributed by atoms with Gasteiger partial charge in [0.25, 0.3) is 5.91 Å². The number of carbonyl (C=O) groups is 2. The van der Waals surface area contributed by atoms with E-state index in [1.165, 1.54) is 11.3 Å². The molecule has 0 saturated carbocycles. The zero-order valence-corrected chi connectivity index (χ0v) is 15.0. The highest BCUT2D eigenvalue weighted by molar-refractivity contribution is 7.13. The van der Waals surface area contributed by atoms with Crippen LogP contribution in [0.3, 0.4) is 0 Å². The summed E-state index contributed by atoms with van der Waals surface area (Å²) in [5.41, 5.74) is 1.83. The van der Waals surface area contributed by atoms with E-state index < -0.39 is 0 Å². The molecule has 6 heteroatoms. The second kappa shape index (κ2) is 6.73. The van der Waals surface area contributed by atoms with Crippen molar-refractivity contribution in [3.63, 3.8) is 0 Å². The van der Waals surface area contributed by atoms with Crippen molar-refractivity contribution in [3.8, 4) is 0 Å². The number of aryl methyl sites for hydroxylation is 2. The standard InChI is InChI=1S/C18H21N3O2S/c1-12-17(24-13(2)19-12)18(23)21-10-9-20(14(3)22)11-16(21)15-7-5-4-6-8-15/h4-8,16H,9-11H2,1-3H3/t16-/m1/s1. The largest absolute Gasteiger partial charge is 0.339 e. The summed E-state index contributed by atoms with van der Waals surface area (Å²) in [6.45, 7) is 7.00. The Hall–Kier alpha value is -2.21. The molecule has 1 fully saturated rings. The van der Waals surface area contributed by atoms with Gasteiger partial charge in [0.1, 0.15) is 4.88 Å². The molecule has 5 nitrogen and oxygen atoms in total. The molecule has 2 amide bonds. The van der Waals surface area contributed by atoms with Crippen molar-refractivity contribution >= 4 is 23.2 Å². The lowest BCUT2D eigenvalue weighted by Gasteiger charge is -2.41. The Balaban J connectivity index is 1.94. The van der Waals surface area contributed by atoms with Crippen molar-refractivity contribution in [1.82, 2.24) is 14.8 Å². The summed E-state index contributed by atoms with van der Waals surface area (Å²) in [4.78, 5) is 33.6. The van der Waals surface area contributed by atoms with Crippen molar-refractivity contribution in [3.05, 3.63) is 51.5 Å². The molecule has 24 heavy (non-hydrogen) atoms. The summed E-state index contributed by atoms with van der Waals surface area (Å²) < 4.78 is 0. The third-order valence-corrected chi connectivity index (χ3v) is 5.43. The van der Waals surface area contributed by atoms with Crippen LogP contribution >= 0.6 is 11.3 Å². The van der Waals surface area contributed by atoms with Gasteiger partial charge in [-0.2, -0.15) is 0 Å². The summed E-state index contributed by atoms with van der Waals surface area (Å²) in [6, 6.07) is 9.79. The summed E-state index contributed by atoms with van der Waals surface area (Å²) >= 11 is 1.44. The van der Waals surface area contributed by atoms with E-state index >= 15 is 0 Å². The quantitative estimate of drug-likeness (QED) is 0.842. The fraction of sp³-hybridized carbons (Fsp3) is 0.389. The van der Waals surface area contributed by atoms with Gasteiger partial charge in [0.15, 0.2) is 0 Å². The van der Waals surface area contributed by atoms with Gasteiger partial charge in [-0.15, -0.1) is 11.3 Å². The fourth-order valence-electron chi connectivity index (χ4n) is 3.13. The van der Waals surface area contributed by atoms with Gasteiger partial charge >= 0.3 is 0 Å². The van der Waals surface area contributed by atoms with Crippen molar-refractivity contribution in [2.24, 2.45) is 0 Å². The molecule has 0 radical (unpaired) electrons. The van der Waals surface area contributed by atoms with Crippen LogP contribution in [0.1, 0.15) is 38.9 Å². The summed E-state index contributed by atoms with van der Waals surface area (Å²) in [5.74, 6) is 0.0583. The maximum atomic E-state index is 13.1. The number of nitrogens with zero attached hydrogens (tertiary/aromatic N) is 3. The first-order valence-corrected chi connectivity index (χ1v) is 8.84. The van der Waals surface area contributed by atoms with Gasteiger partial charge in [0, 0.05) is 26.6 Å².